The number of primary amides is 1. The second-order valence-electron chi connectivity index (χ2n) is 4.64. The monoisotopic (exact) mass is 262 g/mol. The van der Waals surface area contributed by atoms with Gasteiger partial charge >= 0.3 is 0 Å². The summed E-state index contributed by atoms with van der Waals surface area (Å²) in [5.74, 6) is -2.40. The van der Waals surface area contributed by atoms with Crippen LogP contribution in [0.1, 0.15) is 19.4 Å². The number of nitrogens with two attached hydrogens (primary N) is 1. The van der Waals surface area contributed by atoms with Gasteiger partial charge in [-0.25, -0.2) is 0 Å². The van der Waals surface area contributed by atoms with Crippen molar-refractivity contribution in [2.45, 2.75) is 26.3 Å². The molecule has 0 aromatic heterocycles. The summed E-state index contributed by atoms with van der Waals surface area (Å²) in [5.41, 5.74) is 6.11. The van der Waals surface area contributed by atoms with Gasteiger partial charge in [-0.1, -0.05) is 44.2 Å². The van der Waals surface area contributed by atoms with Crippen LogP contribution in [0, 0.1) is 5.92 Å². The number of carbonyl (C=O) groups excluding carboxylic acids is 3. The van der Waals surface area contributed by atoms with Crippen molar-refractivity contribution in [3.05, 3.63) is 35.9 Å². The molecule has 0 spiro atoms. The van der Waals surface area contributed by atoms with Crippen molar-refractivity contribution in [1.29, 1.82) is 0 Å². The van der Waals surface area contributed by atoms with E-state index in [0.29, 0.717) is 0 Å². The summed E-state index contributed by atoms with van der Waals surface area (Å²) in [6.45, 7) is 3.25. The molecule has 3 N–H and O–H groups in total. The molecule has 1 atom stereocenters. The van der Waals surface area contributed by atoms with E-state index in [1.165, 1.54) is 0 Å². The van der Waals surface area contributed by atoms with Crippen molar-refractivity contribution in [1.82, 2.24) is 5.32 Å². The molecule has 0 saturated heterocycles. The molecule has 0 aliphatic rings. The average Bonchev–Trinajstić information content (AvgIpc) is 2.37. The van der Waals surface area contributed by atoms with E-state index in [9.17, 15) is 14.4 Å². The first-order valence-corrected chi connectivity index (χ1v) is 6.09. The largest absolute Gasteiger partial charge is 0.368 e. The Balaban J connectivity index is 2.72. The van der Waals surface area contributed by atoms with E-state index in [-0.39, 0.29) is 6.42 Å². The Morgan fingerprint density at radius 2 is 1.74 bits per heavy atom. The Hall–Kier alpha value is -2.17. The van der Waals surface area contributed by atoms with E-state index < -0.39 is 29.6 Å². The standard InChI is InChI=1S/C14H18N2O3/c1-9(2)12(17)14(19)16-11(13(15)18)8-10-6-4-3-5-7-10/h3-7,9,11H,8H2,1-2H3,(H2,15,18)(H,16,19)/t11-/m0/s1. The van der Waals surface area contributed by atoms with Gasteiger partial charge in [-0.05, 0) is 5.56 Å². The molecule has 0 radical (unpaired) electrons. The molecule has 19 heavy (non-hydrogen) atoms. The molecule has 5 nitrogen and oxygen atoms in total. The van der Waals surface area contributed by atoms with Crippen molar-refractivity contribution in [2.24, 2.45) is 11.7 Å². The number of rotatable bonds is 6. The van der Waals surface area contributed by atoms with Crippen LogP contribution < -0.4 is 11.1 Å². The molecule has 0 bridgehead atoms. The van der Waals surface area contributed by atoms with E-state index in [1.807, 2.05) is 30.3 Å². The van der Waals surface area contributed by atoms with E-state index in [2.05, 4.69) is 5.32 Å². The normalized spacial score (nSPS) is 11.9. The Kier molecular flexibility index (Phi) is 5.23. The van der Waals surface area contributed by atoms with Crippen molar-refractivity contribution < 1.29 is 14.4 Å². The molecule has 1 aromatic rings. The molecule has 0 aliphatic carbocycles. The van der Waals surface area contributed by atoms with Gasteiger partial charge in [0, 0.05) is 12.3 Å². The zero-order valence-electron chi connectivity index (χ0n) is 11.1. The molecular weight excluding hydrogens is 244 g/mol. The number of carbonyl (C=O) groups is 3. The molecule has 0 heterocycles. The minimum Gasteiger partial charge on any atom is -0.368 e. The highest BCUT2D eigenvalue weighted by molar-refractivity contribution is 6.37. The van der Waals surface area contributed by atoms with Gasteiger partial charge in [0.05, 0.1) is 0 Å². The molecule has 0 unspecified atom stereocenters. The highest BCUT2D eigenvalue weighted by atomic mass is 16.2. The molecule has 0 fully saturated rings. The first-order chi connectivity index (χ1) is 8.91. The zero-order chi connectivity index (χ0) is 14.4. The van der Waals surface area contributed by atoms with Crippen molar-refractivity contribution in [3.63, 3.8) is 0 Å². The van der Waals surface area contributed by atoms with Crippen LogP contribution in [0.3, 0.4) is 0 Å². The molecule has 2 amide bonds. The summed E-state index contributed by atoms with van der Waals surface area (Å²) in [6, 6.07) is 8.28. The zero-order valence-corrected chi connectivity index (χ0v) is 11.1. The third-order valence-electron chi connectivity index (χ3n) is 2.68. The fourth-order valence-corrected chi connectivity index (χ4v) is 1.56. The maximum Gasteiger partial charge on any atom is 0.288 e. The predicted molar refractivity (Wildman–Crippen MR) is 71.1 cm³/mol. The third-order valence-corrected chi connectivity index (χ3v) is 2.68. The predicted octanol–water partition coefficient (Wildman–Crippen LogP) is 0.424. The van der Waals surface area contributed by atoms with Crippen molar-refractivity contribution in [3.8, 4) is 0 Å². The average molecular weight is 262 g/mol. The summed E-state index contributed by atoms with van der Waals surface area (Å²) in [5, 5.41) is 2.38. The van der Waals surface area contributed by atoms with E-state index in [1.54, 1.807) is 13.8 Å². The number of benzene rings is 1. The second-order valence-corrected chi connectivity index (χ2v) is 4.64. The van der Waals surface area contributed by atoms with Crippen molar-refractivity contribution in [2.75, 3.05) is 0 Å². The van der Waals surface area contributed by atoms with E-state index in [4.69, 9.17) is 5.73 Å². The highest BCUT2D eigenvalue weighted by Gasteiger charge is 2.24. The van der Waals surface area contributed by atoms with Crippen LogP contribution >= 0.6 is 0 Å². The Morgan fingerprint density at radius 3 is 2.21 bits per heavy atom. The van der Waals surface area contributed by atoms with Gasteiger partial charge in [-0.3, -0.25) is 14.4 Å². The molecule has 0 aliphatic heterocycles. The number of hydrogen-bond donors (Lipinski definition) is 2. The lowest BCUT2D eigenvalue weighted by molar-refractivity contribution is -0.140. The highest BCUT2D eigenvalue weighted by Crippen LogP contribution is 2.04. The van der Waals surface area contributed by atoms with Gasteiger partial charge in [0.1, 0.15) is 6.04 Å². The fourth-order valence-electron chi connectivity index (χ4n) is 1.56. The molecule has 102 valence electrons. The lowest BCUT2D eigenvalue weighted by Crippen LogP contribution is -2.48. The SMILES string of the molecule is CC(C)C(=O)C(=O)N[C@@H](Cc1ccccc1)C(N)=O. The van der Waals surface area contributed by atoms with Gasteiger partial charge in [-0.15, -0.1) is 0 Å². The van der Waals surface area contributed by atoms with Crippen molar-refractivity contribution >= 4 is 17.6 Å². The maximum absolute atomic E-state index is 11.6. The topological polar surface area (TPSA) is 89.3 Å². The van der Waals surface area contributed by atoms with Crippen LogP contribution in [-0.4, -0.2) is 23.6 Å². The summed E-state index contributed by atoms with van der Waals surface area (Å²) < 4.78 is 0. The van der Waals surface area contributed by atoms with Gasteiger partial charge in [-0.2, -0.15) is 0 Å². The molecule has 1 aromatic carbocycles. The fraction of sp³-hybridized carbons (Fsp3) is 0.357. The number of Topliss-reactive ketones (excluding diaryl/α,β-unsaturated/α-hetero) is 1. The van der Waals surface area contributed by atoms with Crippen LogP contribution in [0.4, 0.5) is 0 Å². The molecular formula is C14H18N2O3. The molecule has 1 rings (SSSR count). The minimum atomic E-state index is -0.877. The van der Waals surface area contributed by atoms with Gasteiger partial charge in [0.15, 0.2) is 0 Å². The third kappa shape index (κ3) is 4.54. The van der Waals surface area contributed by atoms with Crippen LogP contribution in [0.25, 0.3) is 0 Å². The van der Waals surface area contributed by atoms with Gasteiger partial charge < -0.3 is 11.1 Å². The van der Waals surface area contributed by atoms with E-state index >= 15 is 0 Å². The summed E-state index contributed by atoms with van der Waals surface area (Å²) in [7, 11) is 0. The lowest BCUT2D eigenvalue weighted by atomic mass is 10.0. The quantitative estimate of drug-likeness (QED) is 0.728. The smallest absolute Gasteiger partial charge is 0.288 e. The van der Waals surface area contributed by atoms with Crippen LogP contribution in [0.15, 0.2) is 30.3 Å². The summed E-state index contributed by atoms with van der Waals surface area (Å²) in [6.07, 6.45) is 0.271. The first kappa shape index (κ1) is 14.9. The summed E-state index contributed by atoms with van der Waals surface area (Å²) in [4.78, 5) is 34.4. The molecule has 5 heteroatoms. The Labute approximate surface area is 112 Å². The minimum absolute atomic E-state index is 0.271. The number of amides is 2. The Bertz CT molecular complexity index is 469. The first-order valence-electron chi connectivity index (χ1n) is 6.09. The maximum atomic E-state index is 11.6. The lowest BCUT2D eigenvalue weighted by Gasteiger charge is -2.15. The van der Waals surface area contributed by atoms with Gasteiger partial charge in [0.25, 0.3) is 5.91 Å². The Morgan fingerprint density at radius 1 is 1.16 bits per heavy atom. The van der Waals surface area contributed by atoms with Crippen LogP contribution in [-0.2, 0) is 20.8 Å². The van der Waals surface area contributed by atoms with Gasteiger partial charge in [0.2, 0.25) is 11.7 Å². The number of nitrogens with one attached hydrogen (secondary N) is 1. The second kappa shape index (κ2) is 6.68. The molecule has 0 saturated carbocycles. The number of hydrogen-bond acceptors (Lipinski definition) is 3. The number of ketones is 1. The summed E-state index contributed by atoms with van der Waals surface area (Å²) >= 11 is 0. The van der Waals surface area contributed by atoms with Crippen LogP contribution in [0.2, 0.25) is 0 Å². The van der Waals surface area contributed by atoms with Crippen LogP contribution in [0.5, 0.6) is 0 Å². The van der Waals surface area contributed by atoms with E-state index in [0.717, 1.165) is 5.56 Å².